The van der Waals surface area contributed by atoms with Crippen LogP contribution in [0.5, 0.6) is 5.75 Å². The second-order valence-electron chi connectivity index (χ2n) is 6.02. The third-order valence-electron chi connectivity index (χ3n) is 4.26. The minimum atomic E-state index is -0.838. The van der Waals surface area contributed by atoms with E-state index in [1.807, 2.05) is 12.1 Å². The molecule has 2 saturated heterocycles. The van der Waals surface area contributed by atoms with Crippen molar-refractivity contribution < 1.29 is 19.4 Å². The maximum Gasteiger partial charge on any atom is 0.407 e. The molecule has 23 heavy (non-hydrogen) atoms. The van der Waals surface area contributed by atoms with Gasteiger partial charge in [-0.1, -0.05) is 12.2 Å². The largest absolute Gasteiger partial charge is 0.489 e. The van der Waals surface area contributed by atoms with E-state index in [0.29, 0.717) is 13.1 Å². The highest BCUT2D eigenvalue weighted by molar-refractivity contribution is 5.65. The van der Waals surface area contributed by atoms with E-state index < -0.39 is 6.09 Å². The average molecular weight is 318 g/mol. The molecule has 0 radical (unpaired) electrons. The molecule has 1 aromatic heterocycles. The number of hydrogen-bond donors (Lipinski definition) is 1. The molecule has 1 amide bonds. The van der Waals surface area contributed by atoms with Gasteiger partial charge in [-0.15, -0.1) is 0 Å². The minimum Gasteiger partial charge on any atom is -0.489 e. The number of carbonyl (C=O) groups is 1. The van der Waals surface area contributed by atoms with Crippen LogP contribution >= 0.6 is 0 Å². The number of carboxylic acid groups (broad SMARTS) is 1. The van der Waals surface area contributed by atoms with Crippen molar-refractivity contribution in [3.63, 3.8) is 0 Å². The van der Waals surface area contributed by atoms with Crippen LogP contribution in [0.4, 0.5) is 4.79 Å². The van der Waals surface area contributed by atoms with E-state index in [4.69, 9.17) is 14.6 Å². The number of hydrogen-bond acceptors (Lipinski definition) is 4. The predicted octanol–water partition coefficient (Wildman–Crippen LogP) is 2.65. The van der Waals surface area contributed by atoms with Gasteiger partial charge >= 0.3 is 6.09 Å². The Morgan fingerprint density at radius 1 is 1.35 bits per heavy atom. The number of ether oxygens (including phenoxy) is 2. The molecule has 0 bridgehead atoms. The Labute approximate surface area is 135 Å². The molecule has 3 heterocycles. The lowest BCUT2D eigenvalue weighted by molar-refractivity contribution is 0.0254. The molecule has 0 aromatic carbocycles. The Balaban J connectivity index is 1.57. The Hall–Kier alpha value is -2.08. The van der Waals surface area contributed by atoms with Crippen molar-refractivity contribution in [3.05, 3.63) is 30.1 Å². The lowest BCUT2D eigenvalue weighted by Gasteiger charge is -2.23. The van der Waals surface area contributed by atoms with E-state index in [-0.39, 0.29) is 12.0 Å². The summed E-state index contributed by atoms with van der Waals surface area (Å²) in [7, 11) is 0. The molecule has 1 atom stereocenters. The van der Waals surface area contributed by atoms with Crippen LogP contribution in [-0.2, 0) is 4.74 Å². The van der Waals surface area contributed by atoms with Crippen LogP contribution in [0.25, 0.3) is 6.08 Å². The molecule has 0 spiro atoms. The van der Waals surface area contributed by atoms with Crippen LogP contribution in [-0.4, -0.2) is 53.5 Å². The summed E-state index contributed by atoms with van der Waals surface area (Å²) < 4.78 is 11.3. The number of pyridine rings is 1. The summed E-state index contributed by atoms with van der Waals surface area (Å²) in [5, 5.41) is 8.97. The molecule has 2 aliphatic rings. The van der Waals surface area contributed by atoms with E-state index in [2.05, 4.69) is 11.1 Å². The van der Waals surface area contributed by atoms with Gasteiger partial charge in [-0.3, -0.25) is 4.98 Å². The maximum atomic E-state index is 10.9. The highest BCUT2D eigenvalue weighted by atomic mass is 16.5. The topological polar surface area (TPSA) is 71.9 Å². The number of nitrogens with zero attached hydrogens (tertiary/aromatic N) is 2. The smallest absolute Gasteiger partial charge is 0.407 e. The lowest BCUT2D eigenvalue weighted by Crippen LogP contribution is -2.26. The highest BCUT2D eigenvalue weighted by Crippen LogP contribution is 2.21. The molecular weight excluding hydrogens is 296 g/mol. The zero-order chi connectivity index (χ0) is 16.1. The third-order valence-corrected chi connectivity index (χ3v) is 4.26. The van der Waals surface area contributed by atoms with Crippen molar-refractivity contribution in [1.29, 1.82) is 0 Å². The van der Waals surface area contributed by atoms with Crippen LogP contribution < -0.4 is 4.74 Å². The monoisotopic (exact) mass is 318 g/mol. The average Bonchev–Trinajstić information content (AvgIpc) is 3.04. The molecular formula is C17H22N2O4. The van der Waals surface area contributed by atoms with Crippen molar-refractivity contribution in [2.45, 2.75) is 25.4 Å². The number of rotatable bonds is 4. The van der Waals surface area contributed by atoms with Crippen LogP contribution in [0, 0.1) is 5.92 Å². The normalized spacial score (nSPS) is 22.6. The minimum absolute atomic E-state index is 0.198. The van der Waals surface area contributed by atoms with Crippen molar-refractivity contribution in [2.75, 3.05) is 26.3 Å². The summed E-state index contributed by atoms with van der Waals surface area (Å²) >= 11 is 0. The van der Waals surface area contributed by atoms with E-state index in [1.54, 1.807) is 12.4 Å². The van der Waals surface area contributed by atoms with E-state index in [9.17, 15) is 4.79 Å². The van der Waals surface area contributed by atoms with Gasteiger partial charge in [-0.2, -0.15) is 0 Å². The second-order valence-corrected chi connectivity index (χ2v) is 6.02. The Kier molecular flexibility index (Phi) is 5.12. The predicted molar refractivity (Wildman–Crippen MR) is 85.4 cm³/mol. The van der Waals surface area contributed by atoms with Crippen molar-refractivity contribution in [2.24, 2.45) is 5.92 Å². The Bertz CT molecular complexity index is 569. The van der Waals surface area contributed by atoms with Gasteiger partial charge in [0.2, 0.25) is 0 Å². The summed E-state index contributed by atoms with van der Waals surface area (Å²) in [5.41, 5.74) is 0.975. The quantitative estimate of drug-likeness (QED) is 0.924. The molecule has 2 aliphatic heterocycles. The lowest BCUT2D eigenvalue weighted by atomic mass is 10.1. The molecule has 1 unspecified atom stereocenters. The Morgan fingerprint density at radius 2 is 2.17 bits per heavy atom. The molecule has 1 aromatic rings. The number of likely N-dealkylation sites (tertiary alicyclic amines) is 1. The fraction of sp³-hybridized carbons (Fsp3) is 0.529. The molecule has 6 nitrogen and oxygen atoms in total. The molecule has 0 saturated carbocycles. The zero-order valence-corrected chi connectivity index (χ0v) is 13.1. The van der Waals surface area contributed by atoms with E-state index >= 15 is 0 Å². The van der Waals surface area contributed by atoms with Crippen LogP contribution in [0.3, 0.4) is 0 Å². The van der Waals surface area contributed by atoms with Gasteiger partial charge in [-0.05, 0) is 24.0 Å². The summed E-state index contributed by atoms with van der Waals surface area (Å²) in [4.78, 5) is 16.6. The summed E-state index contributed by atoms with van der Waals surface area (Å²) in [6.07, 6.45) is 9.64. The van der Waals surface area contributed by atoms with Gasteiger partial charge in [0.25, 0.3) is 0 Å². The highest BCUT2D eigenvalue weighted by Gasteiger charge is 2.23. The van der Waals surface area contributed by atoms with Crippen molar-refractivity contribution in [3.8, 4) is 5.75 Å². The molecule has 124 valence electrons. The van der Waals surface area contributed by atoms with E-state index in [1.165, 1.54) is 4.90 Å². The molecule has 1 N–H and O–H groups in total. The van der Waals surface area contributed by atoms with Crippen LogP contribution in [0.1, 0.15) is 24.8 Å². The molecule has 2 fully saturated rings. The molecule has 6 heteroatoms. The van der Waals surface area contributed by atoms with Gasteiger partial charge in [0, 0.05) is 32.1 Å². The van der Waals surface area contributed by atoms with Gasteiger partial charge < -0.3 is 19.5 Å². The first-order valence-corrected chi connectivity index (χ1v) is 8.06. The number of aromatic nitrogens is 1. The summed E-state index contributed by atoms with van der Waals surface area (Å²) in [6, 6.07) is 1.98. The third kappa shape index (κ3) is 4.45. The summed E-state index contributed by atoms with van der Waals surface area (Å²) in [5.74, 6) is 1.05. The standard InChI is InChI=1S/C17H22N2O4/c20-17(21)19-6-3-13(12-19)1-2-14-9-16(11-18-10-14)23-15-4-7-22-8-5-15/h1-2,9-11,13,15H,3-8,12H2,(H,20,21)/b2-1+. The van der Waals surface area contributed by atoms with E-state index in [0.717, 1.165) is 43.8 Å². The van der Waals surface area contributed by atoms with Gasteiger partial charge in [0.15, 0.2) is 0 Å². The summed E-state index contributed by atoms with van der Waals surface area (Å²) in [6.45, 7) is 2.67. The van der Waals surface area contributed by atoms with Gasteiger partial charge in [-0.25, -0.2) is 4.79 Å². The molecule has 0 aliphatic carbocycles. The first-order valence-electron chi connectivity index (χ1n) is 8.06. The Morgan fingerprint density at radius 3 is 2.91 bits per heavy atom. The maximum absolute atomic E-state index is 10.9. The first-order chi connectivity index (χ1) is 11.2. The van der Waals surface area contributed by atoms with Crippen LogP contribution in [0.2, 0.25) is 0 Å². The zero-order valence-electron chi connectivity index (χ0n) is 13.1. The van der Waals surface area contributed by atoms with Crippen molar-refractivity contribution >= 4 is 12.2 Å². The fourth-order valence-corrected chi connectivity index (χ4v) is 2.94. The first kappa shape index (κ1) is 15.8. The number of amides is 1. The van der Waals surface area contributed by atoms with Gasteiger partial charge in [0.05, 0.1) is 19.4 Å². The SMILES string of the molecule is O=C(O)N1CCC(/C=C/c2cncc(OC3CCOCC3)c2)C1. The second kappa shape index (κ2) is 7.46. The van der Waals surface area contributed by atoms with Crippen LogP contribution in [0.15, 0.2) is 24.5 Å². The fourth-order valence-electron chi connectivity index (χ4n) is 2.94. The van der Waals surface area contributed by atoms with Crippen molar-refractivity contribution in [1.82, 2.24) is 9.88 Å². The molecule has 3 rings (SSSR count). The van der Waals surface area contributed by atoms with Gasteiger partial charge in [0.1, 0.15) is 11.9 Å².